The fourth-order valence-electron chi connectivity index (χ4n) is 2.81. The van der Waals surface area contributed by atoms with E-state index >= 15 is 0 Å². The second-order valence-corrected chi connectivity index (χ2v) is 5.36. The average Bonchev–Trinajstić information content (AvgIpc) is 2.54. The van der Waals surface area contributed by atoms with Gasteiger partial charge in [-0.05, 0) is 43.0 Å². The quantitative estimate of drug-likeness (QED) is 0.855. The molecule has 2 aromatic carbocycles. The molecule has 1 unspecified atom stereocenters. The normalized spacial score (nSPS) is 17.4. The van der Waals surface area contributed by atoms with Crippen LogP contribution < -0.4 is 9.64 Å². The van der Waals surface area contributed by atoms with Gasteiger partial charge in [0.2, 0.25) is 0 Å². The van der Waals surface area contributed by atoms with Gasteiger partial charge in [-0.25, -0.2) is 0 Å². The van der Waals surface area contributed by atoms with E-state index < -0.39 is 0 Å². The summed E-state index contributed by atoms with van der Waals surface area (Å²) in [6.45, 7) is 1.47. The monoisotopic (exact) mass is 283 g/mol. The molecule has 0 saturated heterocycles. The third kappa shape index (κ3) is 3.37. The van der Waals surface area contributed by atoms with Crippen LogP contribution in [-0.2, 0) is 6.42 Å². The maximum Gasteiger partial charge on any atom is 0.127 e. The minimum Gasteiger partial charge on any atom is -0.494 e. The van der Waals surface area contributed by atoms with Crippen LogP contribution in [0.3, 0.4) is 0 Å². The third-order valence-electron chi connectivity index (χ3n) is 3.89. The lowest BCUT2D eigenvalue weighted by Crippen LogP contribution is -2.40. The molecule has 0 bridgehead atoms. The van der Waals surface area contributed by atoms with Gasteiger partial charge < -0.3 is 14.7 Å². The molecule has 0 amide bonds. The van der Waals surface area contributed by atoms with Gasteiger partial charge in [-0.3, -0.25) is 0 Å². The summed E-state index contributed by atoms with van der Waals surface area (Å²) in [5, 5.41) is 10.2. The molecule has 1 atom stereocenters. The zero-order valence-electron chi connectivity index (χ0n) is 12.1. The Bertz CT molecular complexity index is 570. The number of fused-ring (bicyclic) bond motifs is 1. The Kier molecular flexibility index (Phi) is 4.41. The van der Waals surface area contributed by atoms with Crippen LogP contribution >= 0.6 is 0 Å². The lowest BCUT2D eigenvalue weighted by Gasteiger charge is -2.35. The van der Waals surface area contributed by atoms with Gasteiger partial charge in [-0.2, -0.15) is 0 Å². The number of aliphatic hydroxyl groups excluding tert-OH is 1. The molecule has 3 nitrogen and oxygen atoms in total. The van der Waals surface area contributed by atoms with E-state index in [0.717, 1.165) is 37.2 Å². The number of benzene rings is 2. The highest BCUT2D eigenvalue weighted by Crippen LogP contribution is 2.29. The minimum atomic E-state index is -0.378. The van der Waals surface area contributed by atoms with Crippen molar-refractivity contribution in [3.8, 4) is 5.75 Å². The number of ether oxygens (including phenoxy) is 1. The first-order chi connectivity index (χ1) is 10.3. The Morgan fingerprint density at radius 3 is 2.67 bits per heavy atom. The molecular formula is C18H21NO2. The number of aryl methyl sites for hydroxylation is 1. The highest BCUT2D eigenvalue weighted by Gasteiger charge is 2.23. The molecule has 1 heterocycles. The Hall–Kier alpha value is -2.00. The molecule has 0 saturated carbocycles. The van der Waals surface area contributed by atoms with Gasteiger partial charge in [-0.1, -0.05) is 36.4 Å². The first-order valence-corrected chi connectivity index (χ1v) is 7.55. The minimum absolute atomic E-state index is 0.378. The summed E-state index contributed by atoms with van der Waals surface area (Å²) >= 11 is 0. The van der Waals surface area contributed by atoms with Gasteiger partial charge in [0.05, 0.1) is 6.61 Å². The van der Waals surface area contributed by atoms with Crippen molar-refractivity contribution in [2.24, 2.45) is 0 Å². The van der Waals surface area contributed by atoms with E-state index in [-0.39, 0.29) is 6.23 Å². The van der Waals surface area contributed by atoms with Crippen molar-refractivity contribution in [3.05, 3.63) is 60.2 Å². The number of aliphatic hydroxyl groups is 1. The van der Waals surface area contributed by atoms with Gasteiger partial charge >= 0.3 is 0 Å². The van der Waals surface area contributed by atoms with Gasteiger partial charge in [0, 0.05) is 12.2 Å². The molecule has 0 fully saturated rings. The van der Waals surface area contributed by atoms with E-state index in [1.807, 2.05) is 36.4 Å². The maximum atomic E-state index is 10.2. The largest absolute Gasteiger partial charge is 0.494 e. The number of hydrogen-bond acceptors (Lipinski definition) is 3. The smallest absolute Gasteiger partial charge is 0.127 e. The number of rotatable bonds is 5. The molecule has 3 rings (SSSR count). The van der Waals surface area contributed by atoms with Crippen LogP contribution in [0.5, 0.6) is 5.75 Å². The Labute approximate surface area is 125 Å². The maximum absolute atomic E-state index is 10.2. The Morgan fingerprint density at radius 1 is 1.05 bits per heavy atom. The van der Waals surface area contributed by atoms with Crippen LogP contribution in [0.4, 0.5) is 5.69 Å². The van der Waals surface area contributed by atoms with Crippen molar-refractivity contribution in [2.45, 2.75) is 25.5 Å². The Balaban J connectivity index is 1.55. The van der Waals surface area contributed by atoms with Crippen LogP contribution in [0.1, 0.15) is 18.4 Å². The number of anilines is 1. The second-order valence-electron chi connectivity index (χ2n) is 5.36. The molecule has 1 N–H and O–H groups in total. The molecule has 0 aromatic heterocycles. The van der Waals surface area contributed by atoms with Crippen molar-refractivity contribution >= 4 is 5.69 Å². The average molecular weight is 283 g/mol. The van der Waals surface area contributed by atoms with Crippen LogP contribution in [0.2, 0.25) is 0 Å². The molecule has 21 heavy (non-hydrogen) atoms. The van der Waals surface area contributed by atoms with E-state index in [9.17, 15) is 5.11 Å². The van der Waals surface area contributed by atoms with E-state index in [4.69, 9.17) is 4.74 Å². The van der Waals surface area contributed by atoms with Crippen LogP contribution in [0, 0.1) is 0 Å². The van der Waals surface area contributed by atoms with Crippen LogP contribution in [0.25, 0.3) is 0 Å². The molecule has 0 aliphatic carbocycles. The summed E-state index contributed by atoms with van der Waals surface area (Å²) in [6, 6.07) is 18.2. The molecule has 1 aliphatic heterocycles. The fourth-order valence-corrected chi connectivity index (χ4v) is 2.81. The van der Waals surface area contributed by atoms with Gasteiger partial charge in [0.25, 0.3) is 0 Å². The first kappa shape index (κ1) is 14.0. The highest BCUT2D eigenvalue weighted by molar-refractivity contribution is 5.55. The topological polar surface area (TPSA) is 32.7 Å². The molecule has 1 aliphatic rings. The predicted molar refractivity (Wildman–Crippen MR) is 84.7 cm³/mol. The summed E-state index contributed by atoms with van der Waals surface area (Å²) in [7, 11) is 0. The summed E-state index contributed by atoms with van der Waals surface area (Å²) < 4.78 is 5.71. The summed E-state index contributed by atoms with van der Waals surface area (Å²) in [5.74, 6) is 0.900. The SMILES string of the molecule is OC1CCc2ccccc2N1CCCOc1ccccc1. The summed E-state index contributed by atoms with van der Waals surface area (Å²) in [4.78, 5) is 2.09. The van der Waals surface area contributed by atoms with Crippen LogP contribution in [0.15, 0.2) is 54.6 Å². The zero-order valence-corrected chi connectivity index (χ0v) is 12.1. The number of hydrogen-bond donors (Lipinski definition) is 1. The van der Waals surface area contributed by atoms with E-state index in [2.05, 4.69) is 23.1 Å². The number of para-hydroxylation sites is 2. The van der Waals surface area contributed by atoms with E-state index in [1.165, 1.54) is 5.56 Å². The lowest BCUT2D eigenvalue weighted by molar-refractivity contribution is 0.151. The van der Waals surface area contributed by atoms with Crippen LogP contribution in [-0.4, -0.2) is 24.5 Å². The van der Waals surface area contributed by atoms with Crippen molar-refractivity contribution in [1.82, 2.24) is 0 Å². The molecule has 0 radical (unpaired) electrons. The summed E-state index contributed by atoms with van der Waals surface area (Å²) in [5.41, 5.74) is 2.49. The second kappa shape index (κ2) is 6.64. The number of nitrogens with zero attached hydrogens (tertiary/aromatic N) is 1. The first-order valence-electron chi connectivity index (χ1n) is 7.55. The molecular weight excluding hydrogens is 262 g/mol. The molecule has 110 valence electrons. The standard InChI is InChI=1S/C18H21NO2/c20-18-12-11-15-7-4-5-10-17(15)19(18)13-6-14-21-16-8-2-1-3-9-16/h1-5,7-10,18,20H,6,11-14H2. The van der Waals surface area contributed by atoms with Crippen molar-refractivity contribution < 1.29 is 9.84 Å². The lowest BCUT2D eigenvalue weighted by atomic mass is 10.0. The van der Waals surface area contributed by atoms with Crippen molar-refractivity contribution in [1.29, 1.82) is 0 Å². The van der Waals surface area contributed by atoms with Gasteiger partial charge in [0.1, 0.15) is 12.0 Å². The summed E-state index contributed by atoms with van der Waals surface area (Å²) in [6.07, 6.45) is 2.27. The van der Waals surface area contributed by atoms with E-state index in [1.54, 1.807) is 0 Å². The molecule has 0 spiro atoms. The molecule has 3 heteroatoms. The highest BCUT2D eigenvalue weighted by atomic mass is 16.5. The zero-order chi connectivity index (χ0) is 14.5. The van der Waals surface area contributed by atoms with Crippen molar-refractivity contribution in [2.75, 3.05) is 18.1 Å². The Morgan fingerprint density at radius 2 is 1.81 bits per heavy atom. The predicted octanol–water partition coefficient (Wildman–Crippen LogP) is 3.23. The third-order valence-corrected chi connectivity index (χ3v) is 3.89. The van der Waals surface area contributed by atoms with Gasteiger partial charge in [0.15, 0.2) is 0 Å². The van der Waals surface area contributed by atoms with E-state index in [0.29, 0.717) is 6.61 Å². The molecule has 2 aromatic rings. The van der Waals surface area contributed by atoms with Gasteiger partial charge in [-0.15, -0.1) is 0 Å². The fraction of sp³-hybridized carbons (Fsp3) is 0.333. The van der Waals surface area contributed by atoms with Crippen molar-refractivity contribution in [3.63, 3.8) is 0 Å².